The van der Waals surface area contributed by atoms with E-state index in [0.717, 1.165) is 45.8 Å². The lowest BCUT2D eigenvalue weighted by Gasteiger charge is -2.41. The minimum Gasteiger partial charge on any atom is -0.379 e. The molecule has 0 aromatic heterocycles. The Kier molecular flexibility index (Phi) is 3.30. The fourth-order valence-electron chi connectivity index (χ4n) is 2.56. The van der Waals surface area contributed by atoms with Crippen LogP contribution in [0.1, 0.15) is 13.3 Å². The Balaban J connectivity index is 1.88. The number of piperazine rings is 1. The third kappa shape index (κ3) is 2.69. The van der Waals surface area contributed by atoms with E-state index in [1.807, 2.05) is 0 Å². The molecule has 0 aliphatic carbocycles. The van der Waals surface area contributed by atoms with Gasteiger partial charge in [0, 0.05) is 38.8 Å². The van der Waals surface area contributed by atoms with Crippen molar-refractivity contribution in [2.45, 2.75) is 24.9 Å². The van der Waals surface area contributed by atoms with Crippen molar-refractivity contribution >= 4 is 0 Å². The van der Waals surface area contributed by atoms with Crippen molar-refractivity contribution in [2.75, 3.05) is 46.4 Å². The van der Waals surface area contributed by atoms with Crippen LogP contribution >= 0.6 is 0 Å². The molecular formula is C11H23N3O. The maximum atomic E-state index is 6.31. The predicted molar refractivity (Wildman–Crippen MR) is 60.9 cm³/mol. The molecule has 2 aliphatic heterocycles. The van der Waals surface area contributed by atoms with Crippen LogP contribution in [0.4, 0.5) is 0 Å². The highest BCUT2D eigenvalue weighted by Gasteiger charge is 2.34. The lowest BCUT2D eigenvalue weighted by molar-refractivity contribution is 0.0725. The van der Waals surface area contributed by atoms with Crippen molar-refractivity contribution in [1.82, 2.24) is 9.80 Å². The number of nitrogens with two attached hydrogens (primary N) is 1. The average Bonchev–Trinajstić information content (AvgIpc) is 2.58. The molecule has 0 spiro atoms. The van der Waals surface area contributed by atoms with Gasteiger partial charge in [-0.05, 0) is 20.4 Å². The molecule has 0 bridgehead atoms. The van der Waals surface area contributed by atoms with Crippen LogP contribution in [-0.4, -0.2) is 67.8 Å². The second-order valence-corrected chi connectivity index (χ2v) is 5.25. The fourth-order valence-corrected chi connectivity index (χ4v) is 2.56. The van der Waals surface area contributed by atoms with Gasteiger partial charge in [0.15, 0.2) is 0 Å². The maximum absolute atomic E-state index is 6.31. The van der Waals surface area contributed by atoms with Crippen molar-refractivity contribution in [2.24, 2.45) is 5.73 Å². The molecule has 0 aromatic carbocycles. The zero-order valence-corrected chi connectivity index (χ0v) is 9.91. The largest absolute Gasteiger partial charge is 0.379 e. The van der Waals surface area contributed by atoms with Crippen LogP contribution in [0, 0.1) is 0 Å². The summed E-state index contributed by atoms with van der Waals surface area (Å²) in [4.78, 5) is 4.89. The molecule has 2 rings (SSSR count). The molecule has 2 aliphatic rings. The summed E-state index contributed by atoms with van der Waals surface area (Å²) >= 11 is 0. The van der Waals surface area contributed by atoms with E-state index in [2.05, 4.69) is 23.8 Å². The van der Waals surface area contributed by atoms with Crippen LogP contribution in [0.2, 0.25) is 0 Å². The molecule has 2 unspecified atom stereocenters. The van der Waals surface area contributed by atoms with Crippen LogP contribution < -0.4 is 5.73 Å². The van der Waals surface area contributed by atoms with Gasteiger partial charge in [0.2, 0.25) is 0 Å². The van der Waals surface area contributed by atoms with Gasteiger partial charge < -0.3 is 15.4 Å². The number of ether oxygens (including phenoxy) is 1. The van der Waals surface area contributed by atoms with Crippen molar-refractivity contribution < 1.29 is 4.74 Å². The summed E-state index contributed by atoms with van der Waals surface area (Å²) in [5.41, 5.74) is 6.21. The molecule has 2 saturated heterocycles. The lowest BCUT2D eigenvalue weighted by Crippen LogP contribution is -2.58. The SMILES string of the molecule is CC1CN(C)CCN1CC1(N)CCOC1. The molecule has 2 atom stereocenters. The smallest absolute Gasteiger partial charge is 0.0659 e. The second kappa shape index (κ2) is 4.37. The molecule has 88 valence electrons. The highest BCUT2D eigenvalue weighted by Crippen LogP contribution is 2.19. The summed E-state index contributed by atoms with van der Waals surface area (Å²) in [5.74, 6) is 0. The Morgan fingerprint density at radius 1 is 1.47 bits per heavy atom. The van der Waals surface area contributed by atoms with Crippen molar-refractivity contribution in [3.05, 3.63) is 0 Å². The molecule has 2 fully saturated rings. The summed E-state index contributed by atoms with van der Waals surface area (Å²) in [6, 6.07) is 0.616. The Hall–Kier alpha value is -0.160. The lowest BCUT2D eigenvalue weighted by atomic mass is 9.98. The van der Waals surface area contributed by atoms with Gasteiger partial charge in [-0.1, -0.05) is 0 Å². The Morgan fingerprint density at radius 2 is 2.27 bits per heavy atom. The van der Waals surface area contributed by atoms with Crippen LogP contribution in [-0.2, 0) is 4.74 Å². The van der Waals surface area contributed by atoms with Crippen LogP contribution in [0.25, 0.3) is 0 Å². The summed E-state index contributed by atoms with van der Waals surface area (Å²) in [7, 11) is 2.19. The summed E-state index contributed by atoms with van der Waals surface area (Å²) in [5, 5.41) is 0. The van der Waals surface area contributed by atoms with Crippen molar-refractivity contribution in [3.63, 3.8) is 0 Å². The molecule has 2 N–H and O–H groups in total. The van der Waals surface area contributed by atoms with Gasteiger partial charge in [0.25, 0.3) is 0 Å². The van der Waals surface area contributed by atoms with E-state index in [1.54, 1.807) is 0 Å². The first-order chi connectivity index (χ1) is 7.09. The third-order valence-corrected chi connectivity index (χ3v) is 3.62. The predicted octanol–water partition coefficient (Wildman–Crippen LogP) is -0.260. The molecule has 0 amide bonds. The minimum absolute atomic E-state index is 0.0931. The summed E-state index contributed by atoms with van der Waals surface area (Å²) in [6.07, 6.45) is 1.01. The van der Waals surface area contributed by atoms with Gasteiger partial charge in [0.05, 0.1) is 12.1 Å². The molecule has 4 nitrogen and oxygen atoms in total. The standard InChI is InChI=1S/C11H23N3O/c1-10-7-13(2)4-5-14(10)8-11(12)3-6-15-9-11/h10H,3-9,12H2,1-2H3. The van der Waals surface area contributed by atoms with E-state index in [1.165, 1.54) is 0 Å². The van der Waals surface area contributed by atoms with E-state index in [4.69, 9.17) is 10.5 Å². The number of nitrogens with zero attached hydrogens (tertiary/aromatic N) is 2. The van der Waals surface area contributed by atoms with Gasteiger partial charge in [0.1, 0.15) is 0 Å². The first-order valence-electron chi connectivity index (χ1n) is 5.88. The number of likely N-dealkylation sites (N-methyl/N-ethyl adjacent to an activating group) is 1. The molecular weight excluding hydrogens is 190 g/mol. The molecule has 0 saturated carbocycles. The molecule has 0 radical (unpaired) electrons. The highest BCUT2D eigenvalue weighted by atomic mass is 16.5. The van der Waals surface area contributed by atoms with Gasteiger partial charge in [-0.2, -0.15) is 0 Å². The first-order valence-corrected chi connectivity index (χ1v) is 5.88. The van der Waals surface area contributed by atoms with E-state index in [0.29, 0.717) is 6.04 Å². The van der Waals surface area contributed by atoms with Gasteiger partial charge in [-0.3, -0.25) is 4.90 Å². The van der Waals surface area contributed by atoms with E-state index < -0.39 is 0 Å². The number of rotatable bonds is 2. The third-order valence-electron chi connectivity index (χ3n) is 3.62. The Bertz CT molecular complexity index is 216. The molecule has 2 heterocycles. The summed E-state index contributed by atoms with van der Waals surface area (Å²) < 4.78 is 5.40. The second-order valence-electron chi connectivity index (χ2n) is 5.25. The highest BCUT2D eigenvalue weighted by molar-refractivity contribution is 4.93. The van der Waals surface area contributed by atoms with Crippen LogP contribution in [0.5, 0.6) is 0 Å². The van der Waals surface area contributed by atoms with Gasteiger partial charge in [-0.15, -0.1) is 0 Å². The van der Waals surface area contributed by atoms with E-state index >= 15 is 0 Å². The zero-order valence-electron chi connectivity index (χ0n) is 9.91. The monoisotopic (exact) mass is 213 g/mol. The first kappa shape index (κ1) is 11.3. The van der Waals surface area contributed by atoms with E-state index in [-0.39, 0.29) is 5.54 Å². The van der Waals surface area contributed by atoms with Crippen LogP contribution in [0.3, 0.4) is 0 Å². The quantitative estimate of drug-likeness (QED) is 0.686. The molecule has 4 heteroatoms. The summed E-state index contributed by atoms with van der Waals surface area (Å²) in [6.45, 7) is 8.27. The molecule has 0 aromatic rings. The van der Waals surface area contributed by atoms with Gasteiger partial charge in [-0.25, -0.2) is 0 Å². The van der Waals surface area contributed by atoms with Crippen molar-refractivity contribution in [3.8, 4) is 0 Å². The van der Waals surface area contributed by atoms with Gasteiger partial charge >= 0.3 is 0 Å². The van der Waals surface area contributed by atoms with Crippen molar-refractivity contribution in [1.29, 1.82) is 0 Å². The van der Waals surface area contributed by atoms with Crippen LogP contribution in [0.15, 0.2) is 0 Å². The fraction of sp³-hybridized carbons (Fsp3) is 1.00. The zero-order chi connectivity index (χ0) is 10.9. The number of hydrogen-bond donors (Lipinski definition) is 1. The minimum atomic E-state index is -0.0931. The average molecular weight is 213 g/mol. The number of hydrogen-bond acceptors (Lipinski definition) is 4. The van der Waals surface area contributed by atoms with E-state index in [9.17, 15) is 0 Å². The Morgan fingerprint density at radius 3 is 2.87 bits per heavy atom. The maximum Gasteiger partial charge on any atom is 0.0659 e. The molecule has 15 heavy (non-hydrogen) atoms. The topological polar surface area (TPSA) is 41.7 Å². The Labute approximate surface area is 92.4 Å². The normalized spacial score (nSPS) is 39.8.